The molecule has 0 saturated carbocycles. The van der Waals surface area contributed by atoms with Gasteiger partial charge in [0, 0.05) is 32.8 Å². The number of anilines is 4. The summed E-state index contributed by atoms with van der Waals surface area (Å²) < 4.78 is 0. The number of hydrogen-bond acceptors (Lipinski definition) is 2. The van der Waals surface area contributed by atoms with Gasteiger partial charge in [-0.15, -0.1) is 0 Å². The smallest absolute Gasteiger partial charge is 0.308 e. The molecule has 3 rings (SSSR count). The van der Waals surface area contributed by atoms with E-state index in [1.807, 2.05) is 26.0 Å². The van der Waals surface area contributed by atoms with E-state index in [9.17, 15) is 9.59 Å². The zero-order valence-electron chi connectivity index (χ0n) is 16.3. The van der Waals surface area contributed by atoms with Crippen molar-refractivity contribution < 1.29 is 9.59 Å². The number of aryl methyl sites for hydroxylation is 2. The molecule has 0 fully saturated rings. The summed E-state index contributed by atoms with van der Waals surface area (Å²) in [4.78, 5) is 24.5. The fourth-order valence-corrected chi connectivity index (χ4v) is 2.96. The summed E-state index contributed by atoms with van der Waals surface area (Å²) in [6.45, 7) is 3.77. The molecule has 8 heteroatoms. The molecule has 4 amide bonds. The zero-order chi connectivity index (χ0) is 21.7. The second-order valence-electron chi connectivity index (χ2n) is 6.67. The van der Waals surface area contributed by atoms with Crippen molar-refractivity contribution in [3.63, 3.8) is 0 Å². The SMILES string of the molecule is Cc1ccc(NC(=O)Nc2cccc(NC(=O)Nc3ccc(C)c(Cl)c3)c2)cc1Cl. The van der Waals surface area contributed by atoms with Gasteiger partial charge in [-0.05, 0) is 67.4 Å². The van der Waals surface area contributed by atoms with Crippen LogP contribution >= 0.6 is 23.2 Å². The van der Waals surface area contributed by atoms with Crippen LogP contribution in [0.1, 0.15) is 11.1 Å². The van der Waals surface area contributed by atoms with Crippen LogP contribution in [-0.4, -0.2) is 12.1 Å². The fourth-order valence-electron chi connectivity index (χ4n) is 2.60. The Bertz CT molecular complexity index is 1020. The minimum atomic E-state index is -0.425. The summed E-state index contributed by atoms with van der Waals surface area (Å²) in [6, 6.07) is 16.5. The molecule has 0 radical (unpaired) electrons. The molecule has 0 unspecified atom stereocenters. The van der Waals surface area contributed by atoms with Crippen molar-refractivity contribution in [3.8, 4) is 0 Å². The molecule has 6 nitrogen and oxygen atoms in total. The van der Waals surface area contributed by atoms with Gasteiger partial charge in [0.1, 0.15) is 0 Å². The largest absolute Gasteiger partial charge is 0.323 e. The van der Waals surface area contributed by atoms with E-state index >= 15 is 0 Å². The van der Waals surface area contributed by atoms with E-state index in [0.29, 0.717) is 32.8 Å². The van der Waals surface area contributed by atoms with Crippen molar-refractivity contribution in [1.82, 2.24) is 0 Å². The first-order chi connectivity index (χ1) is 14.3. The minimum Gasteiger partial charge on any atom is -0.308 e. The van der Waals surface area contributed by atoms with E-state index < -0.39 is 12.1 Å². The Kier molecular flexibility index (Phi) is 6.82. The molecule has 0 aliphatic heterocycles. The van der Waals surface area contributed by atoms with Crippen LogP contribution in [0.25, 0.3) is 0 Å². The van der Waals surface area contributed by atoms with Crippen LogP contribution in [0.2, 0.25) is 10.0 Å². The molecule has 154 valence electrons. The van der Waals surface area contributed by atoms with Crippen LogP contribution in [0.15, 0.2) is 60.7 Å². The Balaban J connectivity index is 1.59. The molecule has 0 aliphatic carbocycles. The number of nitrogens with one attached hydrogen (secondary N) is 4. The monoisotopic (exact) mass is 442 g/mol. The average molecular weight is 443 g/mol. The predicted molar refractivity (Wildman–Crippen MR) is 124 cm³/mol. The third kappa shape index (κ3) is 5.89. The minimum absolute atomic E-state index is 0.425. The lowest BCUT2D eigenvalue weighted by Crippen LogP contribution is -2.21. The standard InChI is InChI=1S/C22H20Cl2N4O2/c1-13-6-8-17(11-19(13)23)27-21(29)25-15-4-3-5-16(10-15)26-22(30)28-18-9-7-14(2)20(24)12-18/h3-12H,1-2H3,(H2,25,27,29)(H2,26,28,30). The number of urea groups is 2. The molecule has 0 atom stereocenters. The summed E-state index contributed by atoms with van der Waals surface area (Å²) in [5, 5.41) is 12.0. The predicted octanol–water partition coefficient (Wildman–Crippen LogP) is 6.90. The Labute approximate surface area is 184 Å². The van der Waals surface area contributed by atoms with Crippen LogP contribution in [-0.2, 0) is 0 Å². The zero-order valence-corrected chi connectivity index (χ0v) is 17.9. The molecule has 3 aromatic carbocycles. The number of hydrogen-bond donors (Lipinski definition) is 4. The van der Waals surface area contributed by atoms with Crippen molar-refractivity contribution in [2.45, 2.75) is 13.8 Å². The topological polar surface area (TPSA) is 82.3 Å². The number of halogens is 2. The first-order valence-electron chi connectivity index (χ1n) is 9.08. The first kappa shape index (κ1) is 21.5. The van der Waals surface area contributed by atoms with Crippen molar-refractivity contribution in [2.24, 2.45) is 0 Å². The quantitative estimate of drug-likeness (QED) is 0.354. The molecule has 0 aliphatic rings. The Morgan fingerprint density at radius 2 is 0.967 bits per heavy atom. The molecule has 0 aromatic heterocycles. The third-order valence-electron chi connectivity index (χ3n) is 4.24. The summed E-state index contributed by atoms with van der Waals surface area (Å²) >= 11 is 12.2. The lowest BCUT2D eigenvalue weighted by Gasteiger charge is -2.11. The average Bonchev–Trinajstić information content (AvgIpc) is 2.68. The highest BCUT2D eigenvalue weighted by atomic mass is 35.5. The molecule has 0 heterocycles. The highest BCUT2D eigenvalue weighted by molar-refractivity contribution is 6.32. The molecule has 0 saturated heterocycles. The van der Waals surface area contributed by atoms with Crippen LogP contribution < -0.4 is 21.3 Å². The van der Waals surface area contributed by atoms with Gasteiger partial charge in [-0.25, -0.2) is 9.59 Å². The Morgan fingerprint density at radius 3 is 1.33 bits per heavy atom. The van der Waals surface area contributed by atoms with Gasteiger partial charge in [-0.2, -0.15) is 0 Å². The van der Waals surface area contributed by atoms with Crippen molar-refractivity contribution >= 4 is 58.0 Å². The Hall–Kier alpha value is -3.22. The van der Waals surface area contributed by atoms with Gasteiger partial charge < -0.3 is 21.3 Å². The van der Waals surface area contributed by atoms with E-state index in [0.717, 1.165) is 11.1 Å². The first-order valence-corrected chi connectivity index (χ1v) is 9.84. The fraction of sp³-hybridized carbons (Fsp3) is 0.0909. The van der Waals surface area contributed by atoms with Gasteiger partial charge >= 0.3 is 12.1 Å². The van der Waals surface area contributed by atoms with Crippen LogP contribution in [0.5, 0.6) is 0 Å². The van der Waals surface area contributed by atoms with Crippen molar-refractivity contribution in [2.75, 3.05) is 21.3 Å². The van der Waals surface area contributed by atoms with E-state index in [1.54, 1.807) is 48.5 Å². The summed E-state index contributed by atoms with van der Waals surface area (Å²) in [5.74, 6) is 0. The lowest BCUT2D eigenvalue weighted by atomic mass is 10.2. The lowest BCUT2D eigenvalue weighted by molar-refractivity contribution is 0.261. The van der Waals surface area contributed by atoms with Gasteiger partial charge in [0.05, 0.1) is 0 Å². The highest BCUT2D eigenvalue weighted by Gasteiger charge is 2.07. The van der Waals surface area contributed by atoms with Crippen LogP contribution in [0.3, 0.4) is 0 Å². The second-order valence-corrected chi connectivity index (χ2v) is 7.48. The van der Waals surface area contributed by atoms with Gasteiger partial charge in [0.15, 0.2) is 0 Å². The normalized spacial score (nSPS) is 10.3. The number of rotatable bonds is 4. The molecule has 0 spiro atoms. The van der Waals surface area contributed by atoms with E-state index in [2.05, 4.69) is 21.3 Å². The molecule has 30 heavy (non-hydrogen) atoms. The van der Waals surface area contributed by atoms with Crippen molar-refractivity contribution in [3.05, 3.63) is 81.8 Å². The molecular weight excluding hydrogens is 423 g/mol. The van der Waals surface area contributed by atoms with Gasteiger partial charge in [-0.1, -0.05) is 41.4 Å². The maximum atomic E-state index is 12.2. The van der Waals surface area contributed by atoms with E-state index in [1.165, 1.54) is 0 Å². The third-order valence-corrected chi connectivity index (χ3v) is 5.05. The van der Waals surface area contributed by atoms with Crippen LogP contribution in [0, 0.1) is 13.8 Å². The number of carbonyl (C=O) groups is 2. The number of amides is 4. The Morgan fingerprint density at radius 1 is 0.600 bits per heavy atom. The van der Waals surface area contributed by atoms with E-state index in [4.69, 9.17) is 23.2 Å². The molecule has 0 bridgehead atoms. The summed E-state index contributed by atoms with van der Waals surface area (Å²) in [7, 11) is 0. The van der Waals surface area contributed by atoms with Gasteiger partial charge in [0.2, 0.25) is 0 Å². The van der Waals surface area contributed by atoms with Gasteiger partial charge in [-0.3, -0.25) is 0 Å². The summed E-state index contributed by atoms with van der Waals surface area (Å²) in [5.41, 5.74) is 4.03. The van der Waals surface area contributed by atoms with E-state index in [-0.39, 0.29) is 0 Å². The molecule has 4 N–H and O–H groups in total. The summed E-state index contributed by atoms with van der Waals surface area (Å²) in [6.07, 6.45) is 0. The number of benzene rings is 3. The maximum Gasteiger partial charge on any atom is 0.323 e. The molecular formula is C22H20Cl2N4O2. The van der Waals surface area contributed by atoms with Crippen LogP contribution in [0.4, 0.5) is 32.3 Å². The molecule has 3 aromatic rings. The maximum absolute atomic E-state index is 12.2. The second kappa shape index (κ2) is 9.52. The van der Waals surface area contributed by atoms with Crippen molar-refractivity contribution in [1.29, 1.82) is 0 Å². The number of carbonyl (C=O) groups excluding carboxylic acids is 2. The highest BCUT2D eigenvalue weighted by Crippen LogP contribution is 2.22. The van der Waals surface area contributed by atoms with Gasteiger partial charge in [0.25, 0.3) is 0 Å².